The first-order chi connectivity index (χ1) is 8.16. The van der Waals surface area contributed by atoms with E-state index in [0.29, 0.717) is 13.0 Å². The highest BCUT2D eigenvalue weighted by atomic mass is 16.3. The lowest BCUT2D eigenvalue weighted by atomic mass is 10.1. The second-order valence-corrected chi connectivity index (χ2v) is 5.36. The van der Waals surface area contributed by atoms with E-state index in [9.17, 15) is 14.7 Å². The van der Waals surface area contributed by atoms with Crippen LogP contribution in [-0.2, 0) is 9.59 Å². The number of nitrogens with zero attached hydrogens (tertiary/aromatic N) is 2. The number of aliphatic hydroxyl groups is 1. The van der Waals surface area contributed by atoms with Gasteiger partial charge in [-0.3, -0.25) is 9.59 Å². The fourth-order valence-electron chi connectivity index (χ4n) is 3.35. The number of hydrogen-bond acceptors (Lipinski definition) is 3. The van der Waals surface area contributed by atoms with Crippen molar-refractivity contribution >= 4 is 11.8 Å². The average Bonchev–Trinajstić information content (AvgIpc) is 2.91. The zero-order chi connectivity index (χ0) is 12.0. The Labute approximate surface area is 100 Å². The van der Waals surface area contributed by atoms with E-state index in [1.165, 1.54) is 0 Å². The molecule has 2 heterocycles. The molecule has 5 nitrogen and oxygen atoms in total. The summed E-state index contributed by atoms with van der Waals surface area (Å²) in [5, 5.41) is 9.58. The van der Waals surface area contributed by atoms with Crippen LogP contribution in [0.5, 0.6) is 0 Å². The molecule has 94 valence electrons. The number of amides is 2. The van der Waals surface area contributed by atoms with Crippen LogP contribution in [0, 0.1) is 0 Å². The Morgan fingerprint density at radius 2 is 1.82 bits per heavy atom. The minimum absolute atomic E-state index is 0.00181. The summed E-state index contributed by atoms with van der Waals surface area (Å²) in [6, 6.07) is -0.141. The van der Waals surface area contributed by atoms with Gasteiger partial charge in [0.15, 0.2) is 0 Å². The van der Waals surface area contributed by atoms with Gasteiger partial charge in [-0.2, -0.15) is 0 Å². The van der Waals surface area contributed by atoms with Crippen LogP contribution in [0.4, 0.5) is 0 Å². The molecule has 1 saturated carbocycles. The van der Waals surface area contributed by atoms with Crippen molar-refractivity contribution in [3.63, 3.8) is 0 Å². The van der Waals surface area contributed by atoms with E-state index in [4.69, 9.17) is 0 Å². The average molecular weight is 238 g/mol. The number of piperazine rings is 1. The van der Waals surface area contributed by atoms with Crippen LogP contribution in [0.2, 0.25) is 0 Å². The molecule has 1 N–H and O–H groups in total. The molecular weight excluding hydrogens is 220 g/mol. The summed E-state index contributed by atoms with van der Waals surface area (Å²) in [6.07, 6.45) is 4.23. The van der Waals surface area contributed by atoms with Gasteiger partial charge in [-0.25, -0.2) is 0 Å². The number of hydrogen-bond donors (Lipinski definition) is 1. The molecule has 0 unspecified atom stereocenters. The van der Waals surface area contributed by atoms with E-state index in [2.05, 4.69) is 0 Å². The summed E-state index contributed by atoms with van der Waals surface area (Å²) in [6.45, 7) is 0.542. The van der Waals surface area contributed by atoms with Crippen LogP contribution in [0.25, 0.3) is 0 Å². The Morgan fingerprint density at radius 3 is 2.53 bits per heavy atom. The third-order valence-electron chi connectivity index (χ3n) is 4.24. The summed E-state index contributed by atoms with van der Waals surface area (Å²) >= 11 is 0. The minimum atomic E-state index is -0.531. The molecule has 0 aromatic rings. The number of carbonyl (C=O) groups is 2. The van der Waals surface area contributed by atoms with E-state index in [1.807, 2.05) is 0 Å². The molecule has 2 amide bonds. The predicted molar refractivity (Wildman–Crippen MR) is 60.1 cm³/mol. The number of rotatable bonds is 1. The quantitative estimate of drug-likeness (QED) is 0.684. The molecule has 5 heteroatoms. The second-order valence-electron chi connectivity index (χ2n) is 5.36. The van der Waals surface area contributed by atoms with Gasteiger partial charge in [0.25, 0.3) is 0 Å². The first-order valence-corrected chi connectivity index (χ1v) is 6.45. The molecule has 2 saturated heterocycles. The summed E-state index contributed by atoms with van der Waals surface area (Å²) in [5.41, 5.74) is 0. The molecule has 0 spiro atoms. The van der Waals surface area contributed by atoms with Gasteiger partial charge in [0.05, 0.1) is 6.10 Å². The normalized spacial score (nSPS) is 34.6. The Morgan fingerprint density at radius 1 is 1.12 bits per heavy atom. The number of aliphatic hydroxyl groups excluding tert-OH is 1. The number of fused-ring (bicyclic) bond motifs is 1. The van der Waals surface area contributed by atoms with Crippen LogP contribution in [0.1, 0.15) is 32.1 Å². The maximum absolute atomic E-state index is 12.3. The minimum Gasteiger partial charge on any atom is -0.391 e. The Hall–Kier alpha value is -1.10. The van der Waals surface area contributed by atoms with Crippen LogP contribution < -0.4 is 0 Å². The lowest BCUT2D eigenvalue weighted by Crippen LogP contribution is -2.59. The highest BCUT2D eigenvalue weighted by molar-refractivity contribution is 5.95. The molecule has 0 aromatic heterocycles. The monoisotopic (exact) mass is 238 g/mol. The van der Waals surface area contributed by atoms with Crippen molar-refractivity contribution in [1.82, 2.24) is 9.80 Å². The van der Waals surface area contributed by atoms with Crippen molar-refractivity contribution in [3.05, 3.63) is 0 Å². The van der Waals surface area contributed by atoms with Gasteiger partial charge in [0.2, 0.25) is 11.8 Å². The maximum Gasteiger partial charge on any atom is 0.246 e. The Balaban J connectivity index is 1.80. The topological polar surface area (TPSA) is 60.9 Å². The molecule has 3 fully saturated rings. The summed E-state index contributed by atoms with van der Waals surface area (Å²) < 4.78 is 0. The van der Waals surface area contributed by atoms with Crippen molar-refractivity contribution in [3.8, 4) is 0 Å². The van der Waals surface area contributed by atoms with Crippen molar-refractivity contribution in [2.75, 3.05) is 13.1 Å². The molecule has 1 aliphatic carbocycles. The molecular formula is C12H18N2O3. The molecule has 3 rings (SSSR count). The van der Waals surface area contributed by atoms with Gasteiger partial charge in [-0.15, -0.1) is 0 Å². The molecule has 2 atom stereocenters. The van der Waals surface area contributed by atoms with Gasteiger partial charge in [0, 0.05) is 19.0 Å². The van der Waals surface area contributed by atoms with Crippen molar-refractivity contribution in [1.29, 1.82) is 0 Å². The van der Waals surface area contributed by atoms with E-state index in [1.54, 1.807) is 9.80 Å². The molecule has 0 aromatic carbocycles. The fourth-order valence-corrected chi connectivity index (χ4v) is 3.35. The lowest BCUT2D eigenvalue weighted by molar-refractivity contribution is -0.155. The van der Waals surface area contributed by atoms with Crippen molar-refractivity contribution in [2.24, 2.45) is 0 Å². The van der Waals surface area contributed by atoms with E-state index in [0.717, 1.165) is 25.7 Å². The molecule has 17 heavy (non-hydrogen) atoms. The summed E-state index contributed by atoms with van der Waals surface area (Å²) in [5.74, 6) is 0.0473. The van der Waals surface area contributed by atoms with Gasteiger partial charge >= 0.3 is 0 Å². The van der Waals surface area contributed by atoms with E-state index >= 15 is 0 Å². The van der Waals surface area contributed by atoms with Crippen LogP contribution in [0.15, 0.2) is 0 Å². The van der Waals surface area contributed by atoms with Gasteiger partial charge in [0.1, 0.15) is 12.6 Å². The largest absolute Gasteiger partial charge is 0.391 e. The maximum atomic E-state index is 12.3. The summed E-state index contributed by atoms with van der Waals surface area (Å²) in [7, 11) is 0. The van der Waals surface area contributed by atoms with Crippen LogP contribution in [0.3, 0.4) is 0 Å². The fraction of sp³-hybridized carbons (Fsp3) is 0.833. The van der Waals surface area contributed by atoms with Crippen LogP contribution >= 0.6 is 0 Å². The zero-order valence-corrected chi connectivity index (χ0v) is 9.84. The second kappa shape index (κ2) is 3.98. The first kappa shape index (κ1) is 11.0. The van der Waals surface area contributed by atoms with E-state index < -0.39 is 12.1 Å². The Bertz CT molecular complexity index is 352. The molecule has 2 aliphatic heterocycles. The van der Waals surface area contributed by atoms with E-state index in [-0.39, 0.29) is 24.4 Å². The van der Waals surface area contributed by atoms with Gasteiger partial charge in [-0.05, 0) is 12.8 Å². The third-order valence-corrected chi connectivity index (χ3v) is 4.24. The predicted octanol–water partition coefficient (Wildman–Crippen LogP) is -0.267. The smallest absolute Gasteiger partial charge is 0.246 e. The van der Waals surface area contributed by atoms with Crippen molar-refractivity contribution < 1.29 is 14.7 Å². The van der Waals surface area contributed by atoms with Gasteiger partial charge in [-0.1, -0.05) is 12.8 Å². The SMILES string of the molecule is O=C1[C@@H]2C[C@@H](O)CN2C(=O)CN1C1CCCC1. The first-order valence-electron chi connectivity index (χ1n) is 6.45. The van der Waals surface area contributed by atoms with Gasteiger partial charge < -0.3 is 14.9 Å². The van der Waals surface area contributed by atoms with Crippen LogP contribution in [-0.4, -0.2) is 58.0 Å². The molecule has 0 bridgehead atoms. The lowest BCUT2D eigenvalue weighted by Gasteiger charge is -2.39. The highest BCUT2D eigenvalue weighted by Gasteiger charge is 2.46. The number of carbonyl (C=O) groups excluding carboxylic acids is 2. The third kappa shape index (κ3) is 1.73. The highest BCUT2D eigenvalue weighted by Crippen LogP contribution is 2.30. The molecule has 0 radical (unpaired) electrons. The Kier molecular flexibility index (Phi) is 2.58. The zero-order valence-electron chi connectivity index (χ0n) is 9.84. The standard InChI is InChI=1S/C12H18N2O3/c15-9-5-10-12(17)13(8-3-1-2-4-8)7-11(16)14(10)6-9/h8-10,15H,1-7H2/t9-,10+/m1/s1. The van der Waals surface area contributed by atoms with Crippen molar-refractivity contribution in [2.45, 2.75) is 50.3 Å². The molecule has 3 aliphatic rings. The summed E-state index contributed by atoms with van der Waals surface area (Å²) in [4.78, 5) is 27.6.